The molecule has 1 heterocycles. The molecule has 0 fully saturated rings. The van der Waals surface area contributed by atoms with Gasteiger partial charge in [-0.1, -0.05) is 6.07 Å². The third-order valence-electron chi connectivity index (χ3n) is 2.83. The highest BCUT2D eigenvalue weighted by atomic mass is 79.9. The summed E-state index contributed by atoms with van der Waals surface area (Å²) < 4.78 is 1.07. The van der Waals surface area contributed by atoms with E-state index in [1.165, 1.54) is 5.56 Å². The molecule has 4 heteroatoms. The van der Waals surface area contributed by atoms with Crippen LogP contribution in [0, 0.1) is 13.8 Å². The maximum absolute atomic E-state index is 4.38. The van der Waals surface area contributed by atoms with Crippen LogP contribution in [-0.2, 0) is 0 Å². The van der Waals surface area contributed by atoms with Gasteiger partial charge in [0.25, 0.3) is 0 Å². The Labute approximate surface area is 116 Å². The molecule has 0 spiro atoms. The van der Waals surface area contributed by atoms with E-state index in [0.29, 0.717) is 0 Å². The van der Waals surface area contributed by atoms with Crippen molar-refractivity contribution >= 4 is 21.6 Å². The quantitative estimate of drug-likeness (QED) is 0.930. The van der Waals surface area contributed by atoms with Crippen molar-refractivity contribution in [2.24, 2.45) is 0 Å². The highest BCUT2D eigenvalue weighted by molar-refractivity contribution is 9.10. The van der Waals surface area contributed by atoms with Crippen molar-refractivity contribution in [2.45, 2.75) is 26.8 Å². The minimum atomic E-state index is 0.123. The molecule has 94 valence electrons. The van der Waals surface area contributed by atoms with Crippen molar-refractivity contribution in [3.8, 4) is 0 Å². The van der Waals surface area contributed by atoms with E-state index in [-0.39, 0.29) is 6.04 Å². The van der Waals surface area contributed by atoms with Crippen LogP contribution >= 0.6 is 15.9 Å². The Morgan fingerprint density at radius 1 is 1.17 bits per heavy atom. The van der Waals surface area contributed by atoms with Crippen LogP contribution in [0.25, 0.3) is 0 Å². The van der Waals surface area contributed by atoms with Crippen LogP contribution < -0.4 is 5.32 Å². The van der Waals surface area contributed by atoms with Crippen LogP contribution in [0.2, 0.25) is 0 Å². The zero-order valence-electron chi connectivity index (χ0n) is 10.7. The normalized spacial score (nSPS) is 12.2. The van der Waals surface area contributed by atoms with Gasteiger partial charge < -0.3 is 5.32 Å². The summed E-state index contributed by atoms with van der Waals surface area (Å²) in [5, 5.41) is 3.45. The fraction of sp³-hybridized carbons (Fsp3) is 0.286. The first-order valence-electron chi connectivity index (χ1n) is 5.88. The fourth-order valence-corrected chi connectivity index (χ4v) is 2.49. The summed E-state index contributed by atoms with van der Waals surface area (Å²) in [6, 6.07) is 6.38. The number of rotatable bonds is 3. The van der Waals surface area contributed by atoms with E-state index in [1.54, 1.807) is 12.4 Å². The van der Waals surface area contributed by atoms with Crippen molar-refractivity contribution < 1.29 is 0 Å². The molecular formula is C14H16BrN3. The number of aromatic nitrogens is 2. The molecule has 1 atom stereocenters. The standard InChI is InChI=1S/C14H16BrN3/c1-9-4-5-13(12(15)8-9)18-11(3)14-10(2)16-6-7-17-14/h4-8,11,18H,1-3H3. The summed E-state index contributed by atoms with van der Waals surface area (Å²) in [4.78, 5) is 8.65. The molecule has 0 aliphatic heterocycles. The summed E-state index contributed by atoms with van der Waals surface area (Å²) in [6.45, 7) is 6.14. The summed E-state index contributed by atoms with van der Waals surface area (Å²) in [5.41, 5.74) is 4.24. The van der Waals surface area contributed by atoms with E-state index in [2.05, 4.69) is 63.3 Å². The molecule has 1 aromatic carbocycles. The number of nitrogens with one attached hydrogen (secondary N) is 1. The Bertz CT molecular complexity index is 554. The Morgan fingerprint density at radius 3 is 2.56 bits per heavy atom. The lowest BCUT2D eigenvalue weighted by molar-refractivity contribution is 0.809. The number of hydrogen-bond donors (Lipinski definition) is 1. The van der Waals surface area contributed by atoms with Gasteiger partial charge in [-0.05, 0) is 54.4 Å². The van der Waals surface area contributed by atoms with Crippen molar-refractivity contribution in [1.29, 1.82) is 0 Å². The third-order valence-corrected chi connectivity index (χ3v) is 3.48. The first-order valence-corrected chi connectivity index (χ1v) is 6.67. The van der Waals surface area contributed by atoms with Crippen LogP contribution in [0.4, 0.5) is 5.69 Å². The van der Waals surface area contributed by atoms with Gasteiger partial charge in [0, 0.05) is 22.6 Å². The van der Waals surface area contributed by atoms with Crippen molar-refractivity contribution in [1.82, 2.24) is 9.97 Å². The van der Waals surface area contributed by atoms with E-state index >= 15 is 0 Å². The van der Waals surface area contributed by atoms with E-state index in [4.69, 9.17) is 0 Å². The molecule has 0 aliphatic rings. The van der Waals surface area contributed by atoms with E-state index < -0.39 is 0 Å². The van der Waals surface area contributed by atoms with Gasteiger partial charge in [0.1, 0.15) is 0 Å². The van der Waals surface area contributed by atoms with Gasteiger partial charge in [0.05, 0.1) is 17.4 Å². The van der Waals surface area contributed by atoms with Crippen molar-refractivity contribution in [3.63, 3.8) is 0 Å². The first kappa shape index (κ1) is 13.0. The van der Waals surface area contributed by atoms with Gasteiger partial charge in [-0.25, -0.2) is 0 Å². The Kier molecular flexibility index (Phi) is 3.97. The highest BCUT2D eigenvalue weighted by Crippen LogP contribution is 2.27. The topological polar surface area (TPSA) is 37.8 Å². The number of aryl methyl sites for hydroxylation is 2. The van der Waals surface area contributed by atoms with Crippen LogP contribution in [-0.4, -0.2) is 9.97 Å². The predicted molar refractivity (Wildman–Crippen MR) is 77.7 cm³/mol. The monoisotopic (exact) mass is 305 g/mol. The average Bonchev–Trinajstić information content (AvgIpc) is 2.33. The van der Waals surface area contributed by atoms with E-state index in [0.717, 1.165) is 21.5 Å². The minimum Gasteiger partial charge on any atom is -0.376 e. The number of benzene rings is 1. The van der Waals surface area contributed by atoms with Gasteiger partial charge in [-0.2, -0.15) is 0 Å². The molecule has 0 radical (unpaired) electrons. The lowest BCUT2D eigenvalue weighted by Gasteiger charge is -2.17. The maximum Gasteiger partial charge on any atom is 0.0835 e. The third kappa shape index (κ3) is 2.88. The number of anilines is 1. The first-order chi connectivity index (χ1) is 8.58. The molecule has 2 aromatic rings. The molecule has 1 N–H and O–H groups in total. The Balaban J connectivity index is 2.21. The second kappa shape index (κ2) is 5.48. The molecule has 3 nitrogen and oxygen atoms in total. The molecule has 1 aromatic heterocycles. The van der Waals surface area contributed by atoms with E-state index in [9.17, 15) is 0 Å². The zero-order valence-corrected chi connectivity index (χ0v) is 12.3. The van der Waals surface area contributed by atoms with Crippen molar-refractivity contribution in [2.75, 3.05) is 5.32 Å². The fourth-order valence-electron chi connectivity index (χ4n) is 1.88. The number of nitrogens with zero attached hydrogens (tertiary/aromatic N) is 2. The van der Waals surface area contributed by atoms with Crippen LogP contribution in [0.15, 0.2) is 35.1 Å². The summed E-state index contributed by atoms with van der Waals surface area (Å²) >= 11 is 3.57. The lowest BCUT2D eigenvalue weighted by Crippen LogP contribution is -2.11. The smallest absolute Gasteiger partial charge is 0.0835 e. The molecule has 0 bridgehead atoms. The minimum absolute atomic E-state index is 0.123. The van der Waals surface area contributed by atoms with Gasteiger partial charge >= 0.3 is 0 Å². The molecule has 0 amide bonds. The molecule has 0 saturated carbocycles. The van der Waals surface area contributed by atoms with Crippen LogP contribution in [0.5, 0.6) is 0 Å². The Hall–Kier alpha value is -1.42. The van der Waals surface area contributed by atoms with Crippen LogP contribution in [0.1, 0.15) is 29.9 Å². The second-order valence-corrected chi connectivity index (χ2v) is 5.23. The molecule has 1 unspecified atom stereocenters. The lowest BCUT2D eigenvalue weighted by atomic mass is 10.1. The summed E-state index contributed by atoms with van der Waals surface area (Å²) in [7, 11) is 0. The average molecular weight is 306 g/mol. The second-order valence-electron chi connectivity index (χ2n) is 4.38. The summed E-state index contributed by atoms with van der Waals surface area (Å²) in [6.07, 6.45) is 3.44. The van der Waals surface area contributed by atoms with E-state index in [1.807, 2.05) is 6.92 Å². The largest absolute Gasteiger partial charge is 0.376 e. The number of halogens is 1. The van der Waals surface area contributed by atoms with Gasteiger partial charge in [-0.3, -0.25) is 9.97 Å². The maximum atomic E-state index is 4.38. The van der Waals surface area contributed by atoms with Crippen molar-refractivity contribution in [3.05, 3.63) is 52.0 Å². The van der Waals surface area contributed by atoms with Gasteiger partial charge in [0.2, 0.25) is 0 Å². The predicted octanol–water partition coefficient (Wildman–Crippen LogP) is 4.03. The Morgan fingerprint density at radius 2 is 1.89 bits per heavy atom. The molecule has 0 aliphatic carbocycles. The highest BCUT2D eigenvalue weighted by Gasteiger charge is 2.11. The number of hydrogen-bond acceptors (Lipinski definition) is 3. The SMILES string of the molecule is Cc1ccc(NC(C)c2nccnc2C)c(Br)c1. The molecular weight excluding hydrogens is 290 g/mol. The van der Waals surface area contributed by atoms with Crippen LogP contribution in [0.3, 0.4) is 0 Å². The van der Waals surface area contributed by atoms with Gasteiger partial charge in [0.15, 0.2) is 0 Å². The molecule has 2 rings (SSSR count). The summed E-state index contributed by atoms with van der Waals surface area (Å²) in [5.74, 6) is 0. The zero-order chi connectivity index (χ0) is 13.1. The molecule has 18 heavy (non-hydrogen) atoms. The molecule has 0 saturated heterocycles. The van der Waals surface area contributed by atoms with Gasteiger partial charge in [-0.15, -0.1) is 0 Å².